The molecule has 4 aromatic rings. The van der Waals surface area contributed by atoms with Gasteiger partial charge in [0, 0.05) is 0 Å². The van der Waals surface area contributed by atoms with Gasteiger partial charge in [-0.2, -0.15) is 0 Å². The maximum absolute atomic E-state index is 13.8. The molecule has 3 aromatic carbocycles. The largest absolute Gasteiger partial charge is 0.507 e. The highest BCUT2D eigenvalue weighted by Gasteiger charge is 2.48. The van der Waals surface area contributed by atoms with Crippen LogP contribution < -0.4 is 14.4 Å². The molecule has 1 saturated heterocycles. The van der Waals surface area contributed by atoms with Crippen LogP contribution in [0.5, 0.6) is 11.5 Å². The molecule has 36 heavy (non-hydrogen) atoms. The van der Waals surface area contributed by atoms with Gasteiger partial charge in [-0.25, -0.2) is 9.37 Å². The minimum atomic E-state index is -1.00. The molecule has 2 heterocycles. The van der Waals surface area contributed by atoms with Crippen molar-refractivity contribution in [3.05, 3.63) is 88.7 Å². The Hall–Kier alpha value is -4.24. The average molecular weight is 505 g/mol. The topological polar surface area (TPSA) is 89.0 Å². The molecular weight excluding hydrogens is 483 g/mol. The molecule has 1 N–H and O–H groups in total. The number of methoxy groups -OCH3 is 2. The molecule has 1 atom stereocenters. The number of hydrogen-bond acceptors (Lipinski definition) is 7. The van der Waals surface area contributed by atoms with E-state index in [9.17, 15) is 19.1 Å². The fraction of sp³-hybridized carbons (Fsp3) is 0.148. The summed E-state index contributed by atoms with van der Waals surface area (Å²) < 4.78 is 25.1. The van der Waals surface area contributed by atoms with Gasteiger partial charge in [-0.15, -0.1) is 0 Å². The number of carbonyl (C=O) groups excluding carboxylic acids is 2. The number of fused-ring (bicyclic) bond motifs is 1. The van der Waals surface area contributed by atoms with E-state index < -0.39 is 23.5 Å². The molecule has 7 nitrogen and oxygen atoms in total. The Morgan fingerprint density at radius 2 is 1.86 bits per heavy atom. The van der Waals surface area contributed by atoms with E-state index in [1.165, 1.54) is 37.3 Å². The van der Waals surface area contributed by atoms with Gasteiger partial charge in [-0.05, 0) is 55.0 Å². The number of thiazole rings is 1. The number of anilines is 1. The summed E-state index contributed by atoms with van der Waals surface area (Å²) in [4.78, 5) is 32.6. The van der Waals surface area contributed by atoms with Crippen LogP contribution in [0.25, 0.3) is 16.0 Å². The van der Waals surface area contributed by atoms with Gasteiger partial charge < -0.3 is 14.6 Å². The Labute approximate surface area is 210 Å². The zero-order valence-corrected chi connectivity index (χ0v) is 20.4. The Balaban J connectivity index is 1.77. The minimum absolute atomic E-state index is 0.109. The Bertz CT molecular complexity index is 1560. The number of hydrogen-bond donors (Lipinski definition) is 1. The first-order valence-electron chi connectivity index (χ1n) is 11.0. The summed E-state index contributed by atoms with van der Waals surface area (Å²) in [5.74, 6) is -1.65. The predicted molar refractivity (Wildman–Crippen MR) is 135 cm³/mol. The van der Waals surface area contributed by atoms with Gasteiger partial charge >= 0.3 is 5.91 Å². The smallest absolute Gasteiger partial charge is 0.301 e. The molecule has 182 valence electrons. The summed E-state index contributed by atoms with van der Waals surface area (Å²) in [6, 6.07) is 15.2. The number of halogens is 1. The van der Waals surface area contributed by atoms with Crippen molar-refractivity contribution in [1.29, 1.82) is 0 Å². The van der Waals surface area contributed by atoms with E-state index in [1.807, 2.05) is 13.0 Å². The normalized spacial score (nSPS) is 17.1. The molecule has 1 aliphatic heterocycles. The maximum Gasteiger partial charge on any atom is 0.301 e. The number of Topliss-reactive ketones (excluding diaryl/α,β-unsaturated/α-hetero) is 1. The van der Waals surface area contributed by atoms with Crippen molar-refractivity contribution in [1.82, 2.24) is 4.98 Å². The zero-order valence-electron chi connectivity index (χ0n) is 19.6. The fourth-order valence-electron chi connectivity index (χ4n) is 4.30. The lowest BCUT2D eigenvalue weighted by molar-refractivity contribution is -0.132. The molecule has 1 aromatic heterocycles. The molecule has 0 spiro atoms. The van der Waals surface area contributed by atoms with Gasteiger partial charge in [-0.1, -0.05) is 35.1 Å². The summed E-state index contributed by atoms with van der Waals surface area (Å²) in [7, 11) is 2.97. The van der Waals surface area contributed by atoms with Crippen LogP contribution in [0, 0.1) is 12.7 Å². The van der Waals surface area contributed by atoms with E-state index in [2.05, 4.69) is 4.98 Å². The first-order chi connectivity index (χ1) is 17.3. The van der Waals surface area contributed by atoms with E-state index in [1.54, 1.807) is 36.4 Å². The quantitative estimate of drug-likeness (QED) is 0.223. The molecule has 0 radical (unpaired) electrons. The molecule has 0 aliphatic carbocycles. The molecule has 1 fully saturated rings. The van der Waals surface area contributed by atoms with E-state index in [0.717, 1.165) is 16.9 Å². The summed E-state index contributed by atoms with van der Waals surface area (Å²) in [6.07, 6.45) is 0. The Morgan fingerprint density at radius 1 is 1.06 bits per heavy atom. The third kappa shape index (κ3) is 3.87. The van der Waals surface area contributed by atoms with Crippen LogP contribution in [0.2, 0.25) is 0 Å². The van der Waals surface area contributed by atoms with Crippen molar-refractivity contribution >= 4 is 44.1 Å². The van der Waals surface area contributed by atoms with Gasteiger partial charge in [-0.3, -0.25) is 14.5 Å². The van der Waals surface area contributed by atoms with Gasteiger partial charge in [0.05, 0.1) is 41.6 Å². The van der Waals surface area contributed by atoms with E-state index in [4.69, 9.17) is 9.47 Å². The molecule has 9 heteroatoms. The lowest BCUT2D eigenvalue weighted by atomic mass is 9.94. The van der Waals surface area contributed by atoms with Crippen LogP contribution in [-0.4, -0.2) is 36.0 Å². The van der Waals surface area contributed by atoms with Crippen LogP contribution in [0.4, 0.5) is 9.52 Å². The van der Waals surface area contributed by atoms with Crippen LogP contribution in [-0.2, 0) is 9.59 Å². The predicted octanol–water partition coefficient (Wildman–Crippen LogP) is 5.39. The van der Waals surface area contributed by atoms with Crippen molar-refractivity contribution in [2.24, 2.45) is 0 Å². The number of ether oxygens (including phenoxy) is 2. The molecule has 1 amide bonds. The highest BCUT2D eigenvalue weighted by molar-refractivity contribution is 7.22. The number of benzene rings is 3. The second kappa shape index (κ2) is 9.09. The van der Waals surface area contributed by atoms with Gasteiger partial charge in [0.2, 0.25) is 0 Å². The van der Waals surface area contributed by atoms with Crippen molar-refractivity contribution in [3.8, 4) is 11.5 Å². The van der Waals surface area contributed by atoms with E-state index >= 15 is 0 Å². The fourth-order valence-corrected chi connectivity index (χ4v) is 5.32. The first kappa shape index (κ1) is 23.5. The summed E-state index contributed by atoms with van der Waals surface area (Å²) in [5, 5.41) is 11.7. The minimum Gasteiger partial charge on any atom is -0.507 e. The molecule has 0 bridgehead atoms. The maximum atomic E-state index is 13.8. The number of aliphatic hydroxyl groups excluding tert-OH is 1. The monoisotopic (exact) mass is 504 g/mol. The lowest BCUT2D eigenvalue weighted by Gasteiger charge is -2.23. The standard InChI is InChI=1S/C27H21FN2O5S/c1-14-7-10-20(35-3)18(11-14)24(31)22-23(15-5-4-6-17(12-15)34-2)30(26(33)25(22)32)27-29-19-9-8-16(28)13-21(19)36-27/h4-13,23,31H,1-3H3/b24-22+. The number of aromatic nitrogens is 1. The second-order valence-electron chi connectivity index (χ2n) is 8.26. The van der Waals surface area contributed by atoms with Crippen LogP contribution in [0.1, 0.15) is 22.7 Å². The number of aryl methyl sites for hydroxylation is 1. The van der Waals surface area contributed by atoms with Gasteiger partial charge in [0.1, 0.15) is 23.1 Å². The van der Waals surface area contributed by atoms with Crippen molar-refractivity contribution in [2.75, 3.05) is 19.1 Å². The summed E-state index contributed by atoms with van der Waals surface area (Å²) in [6.45, 7) is 1.84. The SMILES string of the molecule is COc1cccc(C2/C(=C(\O)c3cc(C)ccc3OC)C(=O)C(=O)N2c2nc3ccc(F)cc3s2)c1. The van der Waals surface area contributed by atoms with Crippen molar-refractivity contribution < 1.29 is 28.6 Å². The molecule has 5 rings (SSSR count). The Morgan fingerprint density at radius 3 is 2.61 bits per heavy atom. The first-order valence-corrected chi connectivity index (χ1v) is 11.8. The van der Waals surface area contributed by atoms with Crippen LogP contribution in [0.3, 0.4) is 0 Å². The lowest BCUT2D eigenvalue weighted by Crippen LogP contribution is -2.29. The molecule has 0 saturated carbocycles. The zero-order chi connectivity index (χ0) is 25.6. The highest BCUT2D eigenvalue weighted by atomic mass is 32.1. The van der Waals surface area contributed by atoms with Crippen molar-refractivity contribution in [3.63, 3.8) is 0 Å². The number of carbonyl (C=O) groups is 2. The molecular formula is C27H21FN2O5S. The third-order valence-electron chi connectivity index (χ3n) is 6.01. The number of amides is 1. The van der Waals surface area contributed by atoms with Crippen LogP contribution >= 0.6 is 11.3 Å². The highest BCUT2D eigenvalue weighted by Crippen LogP contribution is 2.45. The number of aliphatic hydroxyl groups is 1. The van der Waals surface area contributed by atoms with E-state index in [0.29, 0.717) is 27.3 Å². The summed E-state index contributed by atoms with van der Waals surface area (Å²) >= 11 is 1.08. The average Bonchev–Trinajstić information content (AvgIpc) is 3.41. The van der Waals surface area contributed by atoms with Gasteiger partial charge in [0.15, 0.2) is 5.13 Å². The van der Waals surface area contributed by atoms with Crippen LogP contribution in [0.15, 0.2) is 66.2 Å². The van der Waals surface area contributed by atoms with E-state index in [-0.39, 0.29) is 22.0 Å². The number of rotatable bonds is 5. The number of ketones is 1. The summed E-state index contributed by atoms with van der Waals surface area (Å²) in [5.41, 5.74) is 2.03. The third-order valence-corrected chi connectivity index (χ3v) is 7.03. The number of nitrogens with zero attached hydrogens (tertiary/aromatic N) is 2. The molecule has 1 unspecified atom stereocenters. The van der Waals surface area contributed by atoms with Crippen molar-refractivity contribution in [2.45, 2.75) is 13.0 Å². The molecule has 1 aliphatic rings. The van der Waals surface area contributed by atoms with Gasteiger partial charge in [0.25, 0.3) is 5.78 Å². The second-order valence-corrected chi connectivity index (χ2v) is 9.27. The Kier molecular flexibility index (Phi) is 5.93.